The summed E-state index contributed by atoms with van der Waals surface area (Å²) in [5, 5.41) is 11.9. The van der Waals surface area contributed by atoms with E-state index in [2.05, 4.69) is 15.3 Å². The minimum Gasteiger partial charge on any atom is -0.481 e. The molecule has 20 heavy (non-hydrogen) atoms. The van der Waals surface area contributed by atoms with Crippen LogP contribution in [-0.4, -0.2) is 34.2 Å². The van der Waals surface area contributed by atoms with E-state index < -0.39 is 5.97 Å². The number of carboxylic acid groups (broad SMARTS) is 1. The third-order valence-electron chi connectivity index (χ3n) is 2.80. The molecule has 1 atom stereocenters. The molecule has 0 spiro atoms. The maximum absolute atomic E-state index is 10.7. The molecule has 1 unspecified atom stereocenters. The van der Waals surface area contributed by atoms with Gasteiger partial charge < -0.3 is 15.2 Å². The largest absolute Gasteiger partial charge is 0.481 e. The van der Waals surface area contributed by atoms with Crippen molar-refractivity contribution in [2.75, 3.05) is 18.5 Å². The average molecular weight is 281 g/mol. The van der Waals surface area contributed by atoms with Crippen LogP contribution in [-0.2, 0) is 4.79 Å². The Kier molecular flexibility index (Phi) is 6.76. The van der Waals surface area contributed by atoms with E-state index in [1.54, 1.807) is 13.0 Å². The van der Waals surface area contributed by atoms with Crippen molar-refractivity contribution < 1.29 is 14.6 Å². The van der Waals surface area contributed by atoms with Gasteiger partial charge in [0.1, 0.15) is 0 Å². The van der Waals surface area contributed by atoms with Crippen LogP contribution in [0.5, 0.6) is 5.88 Å². The number of carbonyl (C=O) groups is 1. The molecule has 0 aromatic carbocycles. The standard InChI is InChI=1S/C14H23N3O3/c1-4-8-20-12-9-11(3)16-14(17-12)15-7-5-6-10(2)13(18)19/h9-10H,4-8H2,1-3H3,(H,18,19)(H,15,16,17). The Morgan fingerprint density at radius 1 is 1.50 bits per heavy atom. The highest BCUT2D eigenvalue weighted by atomic mass is 16.5. The lowest BCUT2D eigenvalue weighted by atomic mass is 10.1. The van der Waals surface area contributed by atoms with Gasteiger partial charge in [-0.3, -0.25) is 4.79 Å². The Bertz CT molecular complexity index is 438. The van der Waals surface area contributed by atoms with Crippen molar-refractivity contribution in [2.24, 2.45) is 5.92 Å². The maximum atomic E-state index is 10.7. The molecule has 1 heterocycles. The Morgan fingerprint density at radius 2 is 2.25 bits per heavy atom. The van der Waals surface area contributed by atoms with E-state index in [1.807, 2.05) is 13.8 Å². The molecular weight excluding hydrogens is 258 g/mol. The minimum absolute atomic E-state index is 0.321. The van der Waals surface area contributed by atoms with Gasteiger partial charge in [0.15, 0.2) is 0 Å². The minimum atomic E-state index is -0.757. The van der Waals surface area contributed by atoms with E-state index in [9.17, 15) is 4.79 Å². The van der Waals surface area contributed by atoms with E-state index in [1.165, 1.54) is 0 Å². The number of hydrogen-bond acceptors (Lipinski definition) is 5. The van der Waals surface area contributed by atoms with Gasteiger partial charge in [-0.1, -0.05) is 13.8 Å². The van der Waals surface area contributed by atoms with Crippen molar-refractivity contribution in [3.8, 4) is 5.88 Å². The smallest absolute Gasteiger partial charge is 0.306 e. The van der Waals surface area contributed by atoms with E-state index in [0.29, 0.717) is 31.4 Å². The number of nitrogens with zero attached hydrogens (tertiary/aromatic N) is 2. The first-order valence-corrected chi connectivity index (χ1v) is 6.98. The quantitative estimate of drug-likeness (QED) is 0.676. The van der Waals surface area contributed by atoms with Crippen LogP contribution in [0.25, 0.3) is 0 Å². The molecule has 0 aliphatic carbocycles. The van der Waals surface area contributed by atoms with Crippen LogP contribution in [0.2, 0.25) is 0 Å². The van der Waals surface area contributed by atoms with Crippen LogP contribution in [0.1, 0.15) is 38.8 Å². The monoisotopic (exact) mass is 281 g/mol. The second-order valence-electron chi connectivity index (χ2n) is 4.83. The second-order valence-corrected chi connectivity index (χ2v) is 4.83. The van der Waals surface area contributed by atoms with Gasteiger partial charge in [0.2, 0.25) is 11.8 Å². The summed E-state index contributed by atoms with van der Waals surface area (Å²) < 4.78 is 5.48. The van der Waals surface area contributed by atoms with Crippen LogP contribution in [0.3, 0.4) is 0 Å². The normalized spacial score (nSPS) is 11.9. The third kappa shape index (κ3) is 5.86. The highest BCUT2D eigenvalue weighted by Crippen LogP contribution is 2.13. The molecule has 0 saturated carbocycles. The lowest BCUT2D eigenvalue weighted by molar-refractivity contribution is -0.141. The fourth-order valence-corrected chi connectivity index (χ4v) is 1.63. The van der Waals surface area contributed by atoms with Crippen LogP contribution >= 0.6 is 0 Å². The van der Waals surface area contributed by atoms with Crippen LogP contribution in [0.4, 0.5) is 5.95 Å². The molecular formula is C14H23N3O3. The molecule has 0 aliphatic rings. The molecule has 6 nitrogen and oxygen atoms in total. The molecule has 0 aliphatic heterocycles. The zero-order valence-corrected chi connectivity index (χ0v) is 12.3. The summed E-state index contributed by atoms with van der Waals surface area (Å²) in [6.45, 7) is 6.91. The van der Waals surface area contributed by atoms with E-state index in [-0.39, 0.29) is 5.92 Å². The predicted molar refractivity (Wildman–Crippen MR) is 77.1 cm³/mol. The Hall–Kier alpha value is -1.85. The molecule has 1 rings (SSSR count). The zero-order chi connectivity index (χ0) is 15.0. The lowest BCUT2D eigenvalue weighted by Gasteiger charge is -2.09. The second kappa shape index (κ2) is 8.35. The van der Waals surface area contributed by atoms with Crippen LogP contribution in [0.15, 0.2) is 6.07 Å². The molecule has 0 radical (unpaired) electrons. The molecule has 6 heteroatoms. The van der Waals surface area contributed by atoms with Gasteiger partial charge in [0.25, 0.3) is 0 Å². The van der Waals surface area contributed by atoms with Crippen molar-refractivity contribution >= 4 is 11.9 Å². The van der Waals surface area contributed by atoms with Crippen molar-refractivity contribution in [3.63, 3.8) is 0 Å². The molecule has 1 aromatic heterocycles. The number of hydrogen-bond donors (Lipinski definition) is 2. The van der Waals surface area contributed by atoms with Gasteiger partial charge in [-0.2, -0.15) is 4.98 Å². The molecule has 0 fully saturated rings. The number of aliphatic carboxylic acids is 1. The number of aryl methyl sites for hydroxylation is 1. The Balaban J connectivity index is 2.43. The van der Waals surface area contributed by atoms with Gasteiger partial charge in [-0.15, -0.1) is 0 Å². The molecule has 2 N–H and O–H groups in total. The number of anilines is 1. The number of ether oxygens (including phenoxy) is 1. The van der Waals surface area contributed by atoms with Crippen molar-refractivity contribution in [1.29, 1.82) is 0 Å². The van der Waals surface area contributed by atoms with Crippen LogP contribution < -0.4 is 10.1 Å². The summed E-state index contributed by atoms with van der Waals surface area (Å²) in [5.41, 5.74) is 0.840. The van der Waals surface area contributed by atoms with Crippen molar-refractivity contribution in [2.45, 2.75) is 40.0 Å². The molecule has 0 saturated heterocycles. The van der Waals surface area contributed by atoms with Crippen molar-refractivity contribution in [1.82, 2.24) is 9.97 Å². The molecule has 1 aromatic rings. The number of rotatable bonds is 9. The summed E-state index contributed by atoms with van der Waals surface area (Å²) in [6.07, 6.45) is 2.32. The first-order valence-electron chi connectivity index (χ1n) is 6.98. The Labute approximate surface area is 119 Å². The number of aromatic nitrogens is 2. The predicted octanol–water partition coefficient (Wildman–Crippen LogP) is 2.49. The summed E-state index contributed by atoms with van der Waals surface area (Å²) >= 11 is 0. The zero-order valence-electron chi connectivity index (χ0n) is 12.3. The highest BCUT2D eigenvalue weighted by molar-refractivity contribution is 5.69. The number of nitrogens with one attached hydrogen (secondary N) is 1. The summed E-state index contributed by atoms with van der Waals surface area (Å²) in [4.78, 5) is 19.2. The van der Waals surface area contributed by atoms with Crippen LogP contribution in [0, 0.1) is 12.8 Å². The SMILES string of the molecule is CCCOc1cc(C)nc(NCCCC(C)C(=O)O)n1. The summed E-state index contributed by atoms with van der Waals surface area (Å²) in [6, 6.07) is 1.80. The average Bonchev–Trinajstić information content (AvgIpc) is 2.40. The molecule has 112 valence electrons. The maximum Gasteiger partial charge on any atom is 0.306 e. The van der Waals surface area contributed by atoms with Gasteiger partial charge >= 0.3 is 5.97 Å². The summed E-state index contributed by atoms with van der Waals surface area (Å²) in [7, 11) is 0. The topological polar surface area (TPSA) is 84.3 Å². The first kappa shape index (κ1) is 16.2. The lowest BCUT2D eigenvalue weighted by Crippen LogP contribution is -2.13. The fraction of sp³-hybridized carbons (Fsp3) is 0.643. The van der Waals surface area contributed by atoms with Gasteiger partial charge in [0, 0.05) is 18.3 Å². The first-order chi connectivity index (χ1) is 9.52. The third-order valence-corrected chi connectivity index (χ3v) is 2.80. The van der Waals surface area contributed by atoms with E-state index in [0.717, 1.165) is 18.5 Å². The van der Waals surface area contributed by atoms with Gasteiger partial charge in [-0.05, 0) is 26.2 Å². The fourth-order valence-electron chi connectivity index (χ4n) is 1.63. The number of carboxylic acids is 1. The van der Waals surface area contributed by atoms with E-state index in [4.69, 9.17) is 9.84 Å². The van der Waals surface area contributed by atoms with Gasteiger partial charge in [0.05, 0.1) is 12.5 Å². The van der Waals surface area contributed by atoms with E-state index >= 15 is 0 Å². The summed E-state index contributed by atoms with van der Waals surface area (Å²) in [5.74, 6) is 0.0190. The molecule has 0 amide bonds. The Morgan fingerprint density at radius 3 is 2.90 bits per heavy atom. The molecule has 0 bridgehead atoms. The van der Waals surface area contributed by atoms with Crippen molar-refractivity contribution in [3.05, 3.63) is 11.8 Å². The van der Waals surface area contributed by atoms with Gasteiger partial charge in [-0.25, -0.2) is 4.98 Å². The highest BCUT2D eigenvalue weighted by Gasteiger charge is 2.10.